The topological polar surface area (TPSA) is 28.2 Å². The summed E-state index contributed by atoms with van der Waals surface area (Å²) in [5, 5.41) is 4.39. The zero-order valence-corrected chi connectivity index (χ0v) is 13.8. The lowest BCUT2D eigenvalue weighted by molar-refractivity contribution is 0.549. The van der Waals surface area contributed by atoms with Gasteiger partial charge >= 0.3 is 0 Å². The van der Waals surface area contributed by atoms with Crippen LogP contribution < -0.4 is 10.2 Å². The molecule has 0 radical (unpaired) electrons. The zero-order valence-electron chi connectivity index (χ0n) is 12.3. The Kier molecular flexibility index (Phi) is 5.79. The van der Waals surface area contributed by atoms with Crippen LogP contribution in [-0.2, 0) is 0 Å². The number of hydrogen-bond donors (Lipinski definition) is 1. The third kappa shape index (κ3) is 3.70. The van der Waals surface area contributed by atoms with Gasteiger partial charge in [0.05, 0.1) is 10.0 Å². The minimum atomic E-state index is 0.526. The first kappa shape index (κ1) is 15.7. The number of nitrogens with zero attached hydrogens (tertiary/aromatic N) is 2. The Labute approximate surface area is 131 Å². The van der Waals surface area contributed by atoms with Gasteiger partial charge in [-0.05, 0) is 25.8 Å². The number of hydrogen-bond acceptors (Lipinski definition) is 3. The van der Waals surface area contributed by atoms with Crippen molar-refractivity contribution in [3.05, 3.63) is 16.1 Å². The second kappa shape index (κ2) is 7.37. The molecule has 0 saturated heterocycles. The number of nitrogens with one attached hydrogen (secondary N) is 1. The monoisotopic (exact) mass is 315 g/mol. The van der Waals surface area contributed by atoms with Crippen molar-refractivity contribution in [3.63, 3.8) is 0 Å². The minimum Gasteiger partial charge on any atom is -0.369 e. The second-order valence-electron chi connectivity index (χ2n) is 5.41. The van der Waals surface area contributed by atoms with E-state index in [1.54, 1.807) is 6.07 Å². The first-order chi connectivity index (χ1) is 9.63. The van der Waals surface area contributed by atoms with Crippen molar-refractivity contribution >= 4 is 34.8 Å². The molecule has 2 rings (SSSR count). The third-order valence-electron chi connectivity index (χ3n) is 3.96. The van der Waals surface area contributed by atoms with Crippen molar-refractivity contribution in [1.82, 2.24) is 4.98 Å². The summed E-state index contributed by atoms with van der Waals surface area (Å²) < 4.78 is 0. The van der Waals surface area contributed by atoms with Crippen LogP contribution in [0.2, 0.25) is 10.0 Å². The Balaban J connectivity index is 2.23. The predicted molar refractivity (Wildman–Crippen MR) is 88.3 cm³/mol. The van der Waals surface area contributed by atoms with E-state index in [4.69, 9.17) is 23.2 Å². The van der Waals surface area contributed by atoms with Gasteiger partial charge in [-0.15, -0.1) is 0 Å². The van der Waals surface area contributed by atoms with Crippen molar-refractivity contribution in [2.75, 3.05) is 23.8 Å². The fraction of sp³-hybridized carbons (Fsp3) is 0.667. The first-order valence-electron chi connectivity index (χ1n) is 7.46. The normalized spacial score (nSPS) is 16.8. The molecule has 0 amide bonds. The molecular weight excluding hydrogens is 293 g/mol. The fourth-order valence-electron chi connectivity index (χ4n) is 2.81. The molecule has 0 bridgehead atoms. The van der Waals surface area contributed by atoms with E-state index in [0.717, 1.165) is 12.4 Å². The molecule has 1 N–H and O–H groups in total. The molecule has 0 spiro atoms. The summed E-state index contributed by atoms with van der Waals surface area (Å²) in [5.41, 5.74) is 0. The number of pyridine rings is 1. The van der Waals surface area contributed by atoms with Crippen LogP contribution in [-0.4, -0.2) is 24.6 Å². The third-order valence-corrected chi connectivity index (χ3v) is 4.53. The van der Waals surface area contributed by atoms with Gasteiger partial charge in [0.2, 0.25) is 0 Å². The van der Waals surface area contributed by atoms with E-state index >= 15 is 0 Å². The average Bonchev–Trinajstić information content (AvgIpc) is 2.70. The number of rotatable bonds is 4. The predicted octanol–water partition coefficient (Wildman–Crippen LogP) is 4.98. The van der Waals surface area contributed by atoms with E-state index in [-0.39, 0.29) is 0 Å². The van der Waals surface area contributed by atoms with Crippen LogP contribution in [0.3, 0.4) is 0 Å². The Hall–Kier alpha value is -0.670. The van der Waals surface area contributed by atoms with Crippen LogP contribution in [0.5, 0.6) is 0 Å². The smallest absolute Gasteiger partial charge is 0.149 e. The summed E-state index contributed by atoms with van der Waals surface area (Å²) >= 11 is 12.5. The van der Waals surface area contributed by atoms with Gasteiger partial charge in [-0.2, -0.15) is 0 Å². The molecule has 112 valence electrons. The van der Waals surface area contributed by atoms with E-state index in [1.807, 2.05) is 6.92 Å². The fourth-order valence-corrected chi connectivity index (χ4v) is 3.37. The molecule has 0 aromatic carbocycles. The Morgan fingerprint density at radius 1 is 1.20 bits per heavy atom. The standard InChI is InChI=1S/C15H23Cl2N3/c1-3-18-14-12(16)10-13(17)15(19-14)20(2)11-8-6-4-5-7-9-11/h10-11H,3-9H2,1-2H3,(H,18,19). The van der Waals surface area contributed by atoms with Crippen molar-refractivity contribution in [1.29, 1.82) is 0 Å². The molecule has 1 aromatic heterocycles. The molecule has 0 unspecified atom stereocenters. The molecule has 1 fully saturated rings. The molecule has 1 aliphatic rings. The summed E-state index contributed by atoms with van der Waals surface area (Å²) in [6, 6.07) is 2.31. The summed E-state index contributed by atoms with van der Waals surface area (Å²) in [4.78, 5) is 6.85. The highest BCUT2D eigenvalue weighted by molar-refractivity contribution is 6.37. The lowest BCUT2D eigenvalue weighted by Gasteiger charge is -2.29. The highest BCUT2D eigenvalue weighted by Gasteiger charge is 2.21. The number of aromatic nitrogens is 1. The quantitative estimate of drug-likeness (QED) is 0.794. The second-order valence-corrected chi connectivity index (χ2v) is 6.23. The van der Waals surface area contributed by atoms with Crippen LogP contribution in [0, 0.1) is 0 Å². The van der Waals surface area contributed by atoms with E-state index in [9.17, 15) is 0 Å². The maximum Gasteiger partial charge on any atom is 0.149 e. The van der Waals surface area contributed by atoms with Gasteiger partial charge in [0.1, 0.15) is 11.6 Å². The van der Waals surface area contributed by atoms with Gasteiger partial charge < -0.3 is 10.2 Å². The SMILES string of the molecule is CCNc1nc(N(C)C2CCCCCC2)c(Cl)cc1Cl. The molecule has 3 nitrogen and oxygen atoms in total. The molecule has 1 heterocycles. The van der Waals surface area contributed by atoms with E-state index in [1.165, 1.54) is 38.5 Å². The van der Waals surface area contributed by atoms with Crippen molar-refractivity contribution in [2.24, 2.45) is 0 Å². The van der Waals surface area contributed by atoms with E-state index in [2.05, 4.69) is 22.2 Å². The summed E-state index contributed by atoms with van der Waals surface area (Å²) in [5.74, 6) is 1.55. The summed E-state index contributed by atoms with van der Waals surface area (Å²) in [7, 11) is 2.09. The van der Waals surface area contributed by atoms with Crippen LogP contribution in [0.25, 0.3) is 0 Å². The maximum atomic E-state index is 6.34. The molecule has 0 aliphatic heterocycles. The largest absolute Gasteiger partial charge is 0.369 e. The first-order valence-corrected chi connectivity index (χ1v) is 8.21. The van der Waals surface area contributed by atoms with Crippen molar-refractivity contribution < 1.29 is 0 Å². The van der Waals surface area contributed by atoms with Crippen molar-refractivity contribution in [2.45, 2.75) is 51.5 Å². The van der Waals surface area contributed by atoms with Crippen LogP contribution in [0.4, 0.5) is 11.6 Å². The molecule has 1 aliphatic carbocycles. The highest BCUT2D eigenvalue weighted by atomic mass is 35.5. The zero-order chi connectivity index (χ0) is 14.5. The lowest BCUT2D eigenvalue weighted by atomic mass is 10.1. The van der Waals surface area contributed by atoms with Gasteiger partial charge in [0.15, 0.2) is 0 Å². The summed E-state index contributed by atoms with van der Waals surface area (Å²) in [6.45, 7) is 2.82. The minimum absolute atomic E-state index is 0.526. The van der Waals surface area contributed by atoms with Crippen LogP contribution >= 0.6 is 23.2 Å². The van der Waals surface area contributed by atoms with Crippen LogP contribution in [0.1, 0.15) is 45.4 Å². The molecule has 20 heavy (non-hydrogen) atoms. The summed E-state index contributed by atoms with van der Waals surface area (Å²) in [6.07, 6.45) is 7.70. The van der Waals surface area contributed by atoms with E-state index < -0.39 is 0 Å². The number of anilines is 2. The molecule has 5 heteroatoms. The Morgan fingerprint density at radius 3 is 2.45 bits per heavy atom. The van der Waals surface area contributed by atoms with Crippen LogP contribution in [0.15, 0.2) is 6.07 Å². The Morgan fingerprint density at radius 2 is 1.85 bits per heavy atom. The lowest BCUT2D eigenvalue weighted by Crippen LogP contribution is -2.32. The molecule has 1 aromatic rings. The maximum absolute atomic E-state index is 6.34. The van der Waals surface area contributed by atoms with Crippen molar-refractivity contribution in [3.8, 4) is 0 Å². The molecule has 1 saturated carbocycles. The molecular formula is C15H23Cl2N3. The molecule has 0 atom stereocenters. The van der Waals surface area contributed by atoms with Gasteiger partial charge in [-0.1, -0.05) is 48.9 Å². The van der Waals surface area contributed by atoms with Gasteiger partial charge in [-0.3, -0.25) is 0 Å². The van der Waals surface area contributed by atoms with E-state index in [0.29, 0.717) is 21.9 Å². The average molecular weight is 316 g/mol. The highest BCUT2D eigenvalue weighted by Crippen LogP contribution is 2.33. The van der Waals surface area contributed by atoms with Gasteiger partial charge in [0, 0.05) is 19.6 Å². The number of halogens is 2. The van der Waals surface area contributed by atoms with Gasteiger partial charge in [-0.25, -0.2) is 4.98 Å². The Bertz CT molecular complexity index is 443. The van der Waals surface area contributed by atoms with Gasteiger partial charge in [0.25, 0.3) is 0 Å².